The number of hydrogen-bond acceptors (Lipinski definition) is 5. The third-order valence-electron chi connectivity index (χ3n) is 5.08. The third-order valence-corrected chi connectivity index (χ3v) is 6.98. The molecule has 0 radical (unpaired) electrons. The summed E-state index contributed by atoms with van der Waals surface area (Å²) in [5.74, 6) is 0.209. The first-order valence-electron chi connectivity index (χ1n) is 11.0. The minimum absolute atomic E-state index is 0.0764. The number of anilines is 1. The van der Waals surface area contributed by atoms with Crippen molar-refractivity contribution in [1.29, 1.82) is 0 Å². The third kappa shape index (κ3) is 7.57. The van der Waals surface area contributed by atoms with Gasteiger partial charge in [-0.2, -0.15) is 5.10 Å². The number of hydrogen-bond donors (Lipinski definition) is 2. The number of benzene rings is 4. The van der Waals surface area contributed by atoms with Crippen LogP contribution in [0, 0.1) is 0 Å². The molecule has 4 aromatic rings. The highest BCUT2D eigenvalue weighted by molar-refractivity contribution is 7.92. The van der Waals surface area contributed by atoms with Gasteiger partial charge in [-0.25, -0.2) is 13.8 Å². The summed E-state index contributed by atoms with van der Waals surface area (Å²) in [5, 5.41) is 5.10. The number of rotatable bonds is 9. The molecule has 0 heterocycles. The molecule has 0 aromatic heterocycles. The zero-order chi connectivity index (χ0) is 26.3. The van der Waals surface area contributed by atoms with Crippen molar-refractivity contribution in [2.24, 2.45) is 5.10 Å². The van der Waals surface area contributed by atoms with Gasteiger partial charge in [0.05, 0.1) is 11.1 Å². The molecule has 0 saturated heterocycles. The Bertz CT molecular complexity index is 1510. The van der Waals surface area contributed by atoms with Gasteiger partial charge < -0.3 is 4.74 Å². The van der Waals surface area contributed by atoms with E-state index in [1.807, 2.05) is 30.3 Å². The molecular weight excluding hydrogens is 533 g/mol. The number of halogens is 2. The van der Waals surface area contributed by atoms with Crippen molar-refractivity contribution < 1.29 is 17.9 Å². The van der Waals surface area contributed by atoms with Gasteiger partial charge in [-0.3, -0.25) is 9.52 Å². The highest BCUT2D eigenvalue weighted by atomic mass is 35.5. The van der Waals surface area contributed by atoms with E-state index in [1.165, 1.54) is 54.7 Å². The van der Waals surface area contributed by atoms with Crippen LogP contribution in [-0.2, 0) is 16.6 Å². The highest BCUT2D eigenvalue weighted by Crippen LogP contribution is 2.19. The lowest BCUT2D eigenvalue weighted by molar-refractivity contribution is 0.0955. The number of nitrogens with zero attached hydrogens (tertiary/aromatic N) is 1. The maximum atomic E-state index is 12.5. The normalized spacial score (nSPS) is 11.3. The van der Waals surface area contributed by atoms with Crippen LogP contribution in [-0.4, -0.2) is 20.5 Å². The van der Waals surface area contributed by atoms with Gasteiger partial charge in [-0.1, -0.05) is 47.5 Å². The predicted octanol–water partition coefficient (Wildman–Crippen LogP) is 6.14. The number of nitrogens with one attached hydrogen (secondary N) is 2. The molecule has 2 N–H and O–H groups in total. The summed E-state index contributed by atoms with van der Waals surface area (Å²) in [5.41, 5.74) is 4.80. The van der Waals surface area contributed by atoms with Gasteiger partial charge >= 0.3 is 0 Å². The molecule has 188 valence electrons. The van der Waals surface area contributed by atoms with Crippen molar-refractivity contribution >= 4 is 51.0 Å². The summed E-state index contributed by atoms with van der Waals surface area (Å²) >= 11 is 11.7. The van der Waals surface area contributed by atoms with Crippen molar-refractivity contribution in [3.8, 4) is 5.75 Å². The van der Waals surface area contributed by atoms with E-state index in [4.69, 9.17) is 27.9 Å². The molecule has 37 heavy (non-hydrogen) atoms. The quantitative estimate of drug-likeness (QED) is 0.192. The van der Waals surface area contributed by atoms with E-state index in [0.29, 0.717) is 33.7 Å². The van der Waals surface area contributed by atoms with Crippen molar-refractivity contribution in [2.75, 3.05) is 4.72 Å². The average Bonchev–Trinajstić information content (AvgIpc) is 2.89. The first-order valence-corrected chi connectivity index (χ1v) is 13.2. The van der Waals surface area contributed by atoms with Gasteiger partial charge in [-0.15, -0.1) is 0 Å². The van der Waals surface area contributed by atoms with E-state index < -0.39 is 15.9 Å². The molecule has 0 bridgehead atoms. The molecule has 0 aliphatic heterocycles. The van der Waals surface area contributed by atoms with E-state index >= 15 is 0 Å². The first kappa shape index (κ1) is 26.2. The molecule has 0 fully saturated rings. The number of amides is 1. The largest absolute Gasteiger partial charge is 0.489 e. The summed E-state index contributed by atoms with van der Waals surface area (Å²) in [7, 11) is -3.78. The fourth-order valence-electron chi connectivity index (χ4n) is 3.18. The minimum atomic E-state index is -3.78. The van der Waals surface area contributed by atoms with Crippen molar-refractivity contribution in [2.45, 2.75) is 11.5 Å². The summed E-state index contributed by atoms with van der Waals surface area (Å²) in [4.78, 5) is 12.5. The monoisotopic (exact) mass is 553 g/mol. The lowest BCUT2D eigenvalue weighted by Crippen LogP contribution is -2.18. The molecule has 0 spiro atoms. The molecule has 1 amide bonds. The van der Waals surface area contributed by atoms with E-state index in [-0.39, 0.29) is 4.90 Å². The smallest absolute Gasteiger partial charge is 0.271 e. The summed E-state index contributed by atoms with van der Waals surface area (Å²) in [6.07, 6.45) is 1.50. The maximum absolute atomic E-state index is 12.5. The second kappa shape index (κ2) is 11.9. The lowest BCUT2D eigenvalue weighted by Gasteiger charge is -2.09. The van der Waals surface area contributed by atoms with Crippen LogP contribution >= 0.6 is 23.2 Å². The van der Waals surface area contributed by atoms with Crippen LogP contribution in [0.1, 0.15) is 21.5 Å². The zero-order valence-corrected chi connectivity index (χ0v) is 21.6. The van der Waals surface area contributed by atoms with Crippen molar-refractivity contribution in [3.63, 3.8) is 0 Å². The lowest BCUT2D eigenvalue weighted by atomic mass is 10.2. The van der Waals surface area contributed by atoms with Crippen LogP contribution in [0.15, 0.2) is 107 Å². The molecule has 7 nitrogen and oxygen atoms in total. The SMILES string of the molecule is O=C(N/N=C\c1cccc(OCc2ccc(Cl)cc2)c1)c1ccc(NS(=O)(=O)c2ccc(Cl)cc2)cc1. The summed E-state index contributed by atoms with van der Waals surface area (Å²) in [6, 6.07) is 26.5. The van der Waals surface area contributed by atoms with Crippen LogP contribution in [0.2, 0.25) is 10.0 Å². The van der Waals surface area contributed by atoms with E-state index in [9.17, 15) is 13.2 Å². The van der Waals surface area contributed by atoms with E-state index in [2.05, 4.69) is 15.2 Å². The summed E-state index contributed by atoms with van der Waals surface area (Å²) in [6.45, 7) is 0.389. The second-order valence-corrected chi connectivity index (χ2v) is 10.4. The Kier molecular flexibility index (Phi) is 8.45. The Morgan fingerprint density at radius 2 is 1.51 bits per heavy atom. The van der Waals surface area contributed by atoms with E-state index in [0.717, 1.165) is 11.1 Å². The molecule has 0 atom stereocenters. The standard InChI is InChI=1S/C27H21Cl2N3O4S/c28-22-8-4-19(5-9-22)18-36-25-3-1-2-20(16-25)17-30-31-27(33)21-6-12-24(13-7-21)32-37(34,35)26-14-10-23(29)11-15-26/h1-17,32H,18H2,(H,31,33)/b30-17-. The molecule has 10 heteroatoms. The Hall–Kier alpha value is -3.85. The van der Waals surface area contributed by atoms with Crippen LogP contribution in [0.3, 0.4) is 0 Å². The van der Waals surface area contributed by atoms with Crippen molar-refractivity contribution in [1.82, 2.24) is 5.43 Å². The zero-order valence-electron chi connectivity index (χ0n) is 19.3. The minimum Gasteiger partial charge on any atom is -0.489 e. The van der Waals surface area contributed by atoms with Crippen molar-refractivity contribution in [3.05, 3.63) is 124 Å². The Morgan fingerprint density at radius 3 is 2.19 bits per heavy atom. The first-order chi connectivity index (χ1) is 17.8. The average molecular weight is 554 g/mol. The highest BCUT2D eigenvalue weighted by Gasteiger charge is 2.14. The molecular formula is C27H21Cl2N3O4S. The Balaban J connectivity index is 1.31. The topological polar surface area (TPSA) is 96.9 Å². The van der Waals surface area contributed by atoms with E-state index in [1.54, 1.807) is 18.2 Å². The fourth-order valence-corrected chi connectivity index (χ4v) is 4.49. The molecule has 0 unspecified atom stereocenters. The number of carbonyl (C=O) groups is 1. The Morgan fingerprint density at radius 1 is 0.865 bits per heavy atom. The molecule has 4 rings (SSSR count). The van der Waals surface area contributed by atoms with Crippen LogP contribution in [0.25, 0.3) is 0 Å². The number of hydrazone groups is 1. The number of ether oxygens (including phenoxy) is 1. The van der Waals surface area contributed by atoms with Gasteiger partial charge in [0.25, 0.3) is 15.9 Å². The van der Waals surface area contributed by atoms with Gasteiger partial charge in [0.1, 0.15) is 12.4 Å². The Labute approximate surface area is 224 Å². The molecule has 4 aromatic carbocycles. The van der Waals surface area contributed by atoms with Crippen LogP contribution in [0.4, 0.5) is 5.69 Å². The van der Waals surface area contributed by atoms with Gasteiger partial charge in [0.2, 0.25) is 0 Å². The molecule has 0 saturated carbocycles. The molecule has 0 aliphatic rings. The van der Waals surface area contributed by atoms with Gasteiger partial charge in [0.15, 0.2) is 0 Å². The second-order valence-electron chi connectivity index (χ2n) is 7.82. The van der Waals surface area contributed by atoms with Gasteiger partial charge in [0, 0.05) is 21.3 Å². The van der Waals surface area contributed by atoms with Crippen LogP contribution in [0.5, 0.6) is 5.75 Å². The van der Waals surface area contributed by atoms with Gasteiger partial charge in [-0.05, 0) is 83.9 Å². The number of carbonyl (C=O) groups excluding carboxylic acids is 1. The predicted molar refractivity (Wildman–Crippen MR) is 146 cm³/mol. The summed E-state index contributed by atoms with van der Waals surface area (Å²) < 4.78 is 33.2. The fraction of sp³-hybridized carbons (Fsp3) is 0.0370. The van der Waals surface area contributed by atoms with Crippen LogP contribution < -0.4 is 14.9 Å². The maximum Gasteiger partial charge on any atom is 0.271 e. The molecule has 0 aliphatic carbocycles. The number of sulfonamides is 1.